The first-order chi connectivity index (χ1) is 19.3. The molecular weight excluding hydrogens is 492 g/mol. The average molecular weight is 521 g/mol. The van der Waals surface area contributed by atoms with E-state index >= 15 is 0 Å². The highest BCUT2D eigenvalue weighted by atomic mass is 16.2. The summed E-state index contributed by atoms with van der Waals surface area (Å²) in [7, 11) is 0. The molecule has 0 unspecified atom stereocenters. The van der Waals surface area contributed by atoms with E-state index in [1.165, 1.54) is 10.5 Å². The first kappa shape index (κ1) is 24.1. The van der Waals surface area contributed by atoms with Gasteiger partial charge in [0.05, 0.1) is 33.5 Å². The maximum atomic E-state index is 14.1. The molecule has 2 amide bonds. The second-order valence-corrected chi connectivity index (χ2v) is 11.4. The molecule has 7 rings (SSSR count). The van der Waals surface area contributed by atoms with Gasteiger partial charge < -0.3 is 4.57 Å². The minimum atomic E-state index is -0.307. The molecule has 0 aliphatic carbocycles. The Balaban J connectivity index is 1.41. The van der Waals surface area contributed by atoms with E-state index in [-0.39, 0.29) is 17.2 Å². The lowest BCUT2D eigenvalue weighted by molar-refractivity contribution is 0.0926. The van der Waals surface area contributed by atoms with Gasteiger partial charge in [0, 0.05) is 10.8 Å². The quantitative estimate of drug-likeness (QED) is 0.219. The van der Waals surface area contributed by atoms with Gasteiger partial charge in [-0.05, 0) is 64.6 Å². The van der Waals surface area contributed by atoms with Crippen LogP contribution < -0.4 is 4.90 Å². The molecule has 40 heavy (non-hydrogen) atoms. The van der Waals surface area contributed by atoms with Crippen molar-refractivity contribution in [3.8, 4) is 16.8 Å². The lowest BCUT2D eigenvalue weighted by Crippen LogP contribution is -2.29. The largest absolute Gasteiger partial charge is 0.308 e. The van der Waals surface area contributed by atoms with Crippen molar-refractivity contribution in [2.24, 2.45) is 0 Å². The van der Waals surface area contributed by atoms with Gasteiger partial charge in [0.15, 0.2) is 0 Å². The lowest BCUT2D eigenvalue weighted by Gasteiger charge is -2.19. The number of para-hydroxylation sites is 1. The van der Waals surface area contributed by atoms with E-state index in [0.717, 1.165) is 32.9 Å². The molecule has 0 saturated heterocycles. The monoisotopic (exact) mass is 520 g/mol. The maximum absolute atomic E-state index is 14.1. The van der Waals surface area contributed by atoms with Crippen molar-refractivity contribution in [1.29, 1.82) is 0 Å². The molecule has 4 nitrogen and oxygen atoms in total. The summed E-state index contributed by atoms with van der Waals surface area (Å²) < 4.78 is 2.13. The van der Waals surface area contributed by atoms with Crippen LogP contribution in [0.5, 0.6) is 0 Å². The molecule has 5 aromatic carbocycles. The number of anilines is 1. The van der Waals surface area contributed by atoms with Crippen molar-refractivity contribution in [2.75, 3.05) is 4.90 Å². The van der Waals surface area contributed by atoms with Crippen molar-refractivity contribution in [2.45, 2.75) is 26.2 Å². The van der Waals surface area contributed by atoms with Crippen LogP contribution in [-0.4, -0.2) is 16.4 Å². The van der Waals surface area contributed by atoms with Crippen LogP contribution in [0.1, 0.15) is 47.1 Å². The van der Waals surface area contributed by atoms with Crippen molar-refractivity contribution in [3.63, 3.8) is 0 Å². The van der Waals surface area contributed by atoms with Crippen LogP contribution in [0, 0.1) is 0 Å². The minimum Gasteiger partial charge on any atom is -0.308 e. The number of carbonyl (C=O) groups is 2. The minimum absolute atomic E-state index is 0.00254. The molecule has 1 aliphatic rings. The fraction of sp³-hybridized carbons (Fsp3) is 0.111. The van der Waals surface area contributed by atoms with Gasteiger partial charge in [-0.3, -0.25) is 9.59 Å². The third-order valence-electron chi connectivity index (χ3n) is 7.88. The molecule has 0 N–H and O–H groups in total. The number of nitrogens with zero attached hydrogens (tertiary/aromatic N) is 2. The number of amides is 2. The third-order valence-corrected chi connectivity index (χ3v) is 7.88. The van der Waals surface area contributed by atoms with Gasteiger partial charge in [-0.25, -0.2) is 4.90 Å². The molecule has 194 valence electrons. The van der Waals surface area contributed by atoms with Crippen molar-refractivity contribution < 1.29 is 9.59 Å². The molecule has 0 spiro atoms. The zero-order valence-electron chi connectivity index (χ0n) is 22.7. The van der Waals surface area contributed by atoms with Gasteiger partial charge in [0.2, 0.25) is 0 Å². The van der Waals surface area contributed by atoms with E-state index in [4.69, 9.17) is 0 Å². The Hall–Kier alpha value is -4.96. The number of carbonyl (C=O) groups excluding carboxylic acids is 2. The number of imide groups is 1. The summed E-state index contributed by atoms with van der Waals surface area (Å²) in [6.07, 6.45) is 0. The van der Waals surface area contributed by atoms with E-state index in [1.54, 1.807) is 6.07 Å². The van der Waals surface area contributed by atoms with E-state index in [0.29, 0.717) is 22.5 Å². The summed E-state index contributed by atoms with van der Waals surface area (Å²) >= 11 is 0. The molecule has 0 fully saturated rings. The topological polar surface area (TPSA) is 42.3 Å². The standard InChI is InChI=1S/C36H28N2O2/c1-36(2,3)25-19-20-31-29(22-25)27-15-7-8-17-30(27)38(31)32-18-10-16-28-33(32)35(40)37(34(28)39)26-14-9-13-24(21-26)23-11-5-4-6-12-23/h4-22H,1-3H3. The van der Waals surface area contributed by atoms with Crippen molar-refractivity contribution in [3.05, 3.63) is 132 Å². The first-order valence-corrected chi connectivity index (χ1v) is 13.5. The Morgan fingerprint density at radius 1 is 0.575 bits per heavy atom. The van der Waals surface area contributed by atoms with Crippen LogP contribution in [0.25, 0.3) is 38.6 Å². The number of hydrogen-bond donors (Lipinski definition) is 0. The predicted octanol–water partition coefficient (Wildman–Crippen LogP) is 8.55. The zero-order chi connectivity index (χ0) is 27.6. The Morgan fingerprint density at radius 2 is 1.27 bits per heavy atom. The smallest absolute Gasteiger partial charge is 0.268 e. The summed E-state index contributed by atoms with van der Waals surface area (Å²) in [5, 5.41) is 2.25. The highest BCUT2D eigenvalue weighted by molar-refractivity contribution is 6.36. The van der Waals surface area contributed by atoms with Crippen molar-refractivity contribution in [1.82, 2.24) is 4.57 Å². The van der Waals surface area contributed by atoms with Crippen LogP contribution >= 0.6 is 0 Å². The fourth-order valence-corrected chi connectivity index (χ4v) is 5.84. The summed E-state index contributed by atoms with van der Waals surface area (Å²) in [6, 6.07) is 38.0. The molecule has 0 atom stereocenters. The Kier molecular flexibility index (Phi) is 5.29. The summed E-state index contributed by atoms with van der Waals surface area (Å²) in [5.74, 6) is -0.610. The fourth-order valence-electron chi connectivity index (χ4n) is 5.84. The van der Waals surface area contributed by atoms with Crippen LogP contribution in [0.3, 0.4) is 0 Å². The van der Waals surface area contributed by atoms with Crippen LogP contribution in [0.15, 0.2) is 115 Å². The van der Waals surface area contributed by atoms with Crippen molar-refractivity contribution >= 4 is 39.3 Å². The van der Waals surface area contributed by atoms with Gasteiger partial charge >= 0.3 is 0 Å². The van der Waals surface area contributed by atoms with Gasteiger partial charge in [0.1, 0.15) is 0 Å². The van der Waals surface area contributed by atoms with Gasteiger partial charge in [-0.2, -0.15) is 0 Å². The third kappa shape index (κ3) is 3.60. The van der Waals surface area contributed by atoms with Gasteiger partial charge in [0.25, 0.3) is 11.8 Å². The summed E-state index contributed by atoms with van der Waals surface area (Å²) in [6.45, 7) is 6.63. The molecule has 1 aliphatic heterocycles. The molecule has 0 bridgehead atoms. The highest BCUT2D eigenvalue weighted by Gasteiger charge is 2.39. The zero-order valence-corrected chi connectivity index (χ0v) is 22.7. The first-order valence-electron chi connectivity index (χ1n) is 13.5. The number of aromatic nitrogens is 1. The Labute approximate surface area is 233 Å². The normalized spacial score (nSPS) is 13.4. The number of fused-ring (bicyclic) bond motifs is 4. The van der Waals surface area contributed by atoms with Gasteiger partial charge in [-0.1, -0.05) is 93.6 Å². The molecule has 2 heterocycles. The Bertz CT molecular complexity index is 1980. The van der Waals surface area contributed by atoms with Crippen LogP contribution in [0.4, 0.5) is 5.69 Å². The SMILES string of the molecule is CC(C)(C)c1ccc2c(c1)c1ccccc1n2-c1cccc2c1C(=O)N(c1cccc(-c3ccccc3)c1)C2=O. The van der Waals surface area contributed by atoms with Crippen LogP contribution in [0.2, 0.25) is 0 Å². The van der Waals surface area contributed by atoms with E-state index in [2.05, 4.69) is 55.7 Å². The summed E-state index contributed by atoms with van der Waals surface area (Å²) in [4.78, 5) is 29.2. The number of benzene rings is 5. The van der Waals surface area contributed by atoms with E-state index in [1.807, 2.05) is 78.9 Å². The maximum Gasteiger partial charge on any atom is 0.268 e. The average Bonchev–Trinajstić information content (AvgIpc) is 3.44. The highest BCUT2D eigenvalue weighted by Crippen LogP contribution is 2.39. The second kappa shape index (κ2) is 8.78. The number of hydrogen-bond acceptors (Lipinski definition) is 2. The van der Waals surface area contributed by atoms with E-state index < -0.39 is 0 Å². The number of rotatable bonds is 3. The molecule has 0 saturated carbocycles. The molecular formula is C36H28N2O2. The van der Waals surface area contributed by atoms with E-state index in [9.17, 15) is 9.59 Å². The second-order valence-electron chi connectivity index (χ2n) is 11.4. The Morgan fingerprint density at radius 3 is 2.08 bits per heavy atom. The summed E-state index contributed by atoms with van der Waals surface area (Å²) in [5.41, 5.74) is 7.37. The molecule has 0 radical (unpaired) electrons. The lowest BCUT2D eigenvalue weighted by atomic mass is 9.86. The van der Waals surface area contributed by atoms with Crippen LogP contribution in [-0.2, 0) is 5.41 Å². The predicted molar refractivity (Wildman–Crippen MR) is 162 cm³/mol. The molecule has 1 aromatic heterocycles. The van der Waals surface area contributed by atoms with Gasteiger partial charge in [-0.15, -0.1) is 0 Å². The molecule has 4 heteroatoms. The molecule has 6 aromatic rings.